The molecule has 1 saturated heterocycles. The van der Waals surface area contributed by atoms with E-state index in [2.05, 4.69) is 10.3 Å². The van der Waals surface area contributed by atoms with Gasteiger partial charge >= 0.3 is 0 Å². The molecule has 0 radical (unpaired) electrons. The van der Waals surface area contributed by atoms with Crippen molar-refractivity contribution in [3.05, 3.63) is 54.2 Å². The number of benzene rings is 1. The first kappa shape index (κ1) is 17.9. The first-order valence-electron chi connectivity index (χ1n) is 8.81. The van der Waals surface area contributed by atoms with Gasteiger partial charge < -0.3 is 15.0 Å². The third-order valence-electron chi connectivity index (χ3n) is 4.49. The molecule has 1 aliphatic heterocycles. The molecule has 3 rings (SSSR count). The number of nitrogens with zero attached hydrogens (tertiary/aromatic N) is 2. The highest BCUT2D eigenvalue weighted by molar-refractivity contribution is 5.92. The molecule has 1 N–H and O–H groups in total. The molecule has 136 valence electrons. The van der Waals surface area contributed by atoms with Gasteiger partial charge in [0.1, 0.15) is 11.6 Å². The van der Waals surface area contributed by atoms with Crippen LogP contribution in [0.5, 0.6) is 5.75 Å². The first-order chi connectivity index (χ1) is 12.6. The van der Waals surface area contributed by atoms with Crippen LogP contribution < -0.4 is 10.1 Å². The van der Waals surface area contributed by atoms with Crippen LogP contribution in [0.1, 0.15) is 18.4 Å². The smallest absolute Gasteiger partial charge is 0.260 e. The second-order valence-electron chi connectivity index (χ2n) is 6.46. The van der Waals surface area contributed by atoms with E-state index in [0.717, 1.165) is 5.56 Å². The predicted octanol–water partition coefficient (Wildman–Crippen LogP) is 2.65. The van der Waals surface area contributed by atoms with Gasteiger partial charge in [0, 0.05) is 25.2 Å². The molecule has 2 aromatic rings. The predicted molar refractivity (Wildman–Crippen MR) is 98.8 cm³/mol. The number of aromatic nitrogens is 1. The number of likely N-dealkylation sites (tertiary alicyclic amines) is 1. The zero-order valence-corrected chi connectivity index (χ0v) is 14.9. The summed E-state index contributed by atoms with van der Waals surface area (Å²) in [5, 5.41) is 2.86. The first-order valence-corrected chi connectivity index (χ1v) is 8.81. The van der Waals surface area contributed by atoms with E-state index in [-0.39, 0.29) is 24.3 Å². The Labute approximate surface area is 153 Å². The van der Waals surface area contributed by atoms with Gasteiger partial charge in [-0.05, 0) is 49.6 Å². The van der Waals surface area contributed by atoms with Crippen LogP contribution in [0.15, 0.2) is 48.7 Å². The third-order valence-corrected chi connectivity index (χ3v) is 4.49. The topological polar surface area (TPSA) is 71.5 Å². The number of para-hydroxylation sites is 1. The van der Waals surface area contributed by atoms with Crippen molar-refractivity contribution in [2.75, 3.05) is 25.0 Å². The molecule has 26 heavy (non-hydrogen) atoms. The van der Waals surface area contributed by atoms with E-state index in [1.54, 1.807) is 11.1 Å². The number of rotatable bonds is 5. The average Bonchev–Trinajstić information content (AvgIpc) is 2.67. The molecule has 0 saturated carbocycles. The summed E-state index contributed by atoms with van der Waals surface area (Å²) >= 11 is 0. The van der Waals surface area contributed by atoms with Gasteiger partial charge in [0.05, 0.1) is 0 Å². The van der Waals surface area contributed by atoms with Gasteiger partial charge in [0.25, 0.3) is 5.91 Å². The van der Waals surface area contributed by atoms with E-state index in [4.69, 9.17) is 4.74 Å². The van der Waals surface area contributed by atoms with Crippen molar-refractivity contribution in [2.45, 2.75) is 19.8 Å². The third kappa shape index (κ3) is 4.81. The molecule has 0 atom stereocenters. The second kappa shape index (κ2) is 8.47. The Balaban J connectivity index is 1.44. The standard InChI is InChI=1S/C20H23N3O3/c1-15-7-10-21-18(13-15)22-20(25)16-8-11-23(12-9-16)19(24)14-26-17-5-3-2-4-6-17/h2-7,10,13,16H,8-9,11-12,14H2,1H3,(H,21,22,25). The number of hydrogen-bond acceptors (Lipinski definition) is 4. The van der Waals surface area contributed by atoms with E-state index in [9.17, 15) is 9.59 Å². The van der Waals surface area contributed by atoms with Gasteiger partial charge in [-0.25, -0.2) is 4.98 Å². The molecule has 0 spiro atoms. The summed E-state index contributed by atoms with van der Waals surface area (Å²) in [6.07, 6.45) is 2.97. The summed E-state index contributed by atoms with van der Waals surface area (Å²) in [6, 6.07) is 13.0. The molecular formula is C20H23N3O3. The molecule has 0 unspecified atom stereocenters. The van der Waals surface area contributed by atoms with Crippen molar-refractivity contribution in [2.24, 2.45) is 5.92 Å². The summed E-state index contributed by atoms with van der Waals surface area (Å²) in [5.41, 5.74) is 1.05. The largest absolute Gasteiger partial charge is 0.484 e. The second-order valence-corrected chi connectivity index (χ2v) is 6.46. The monoisotopic (exact) mass is 353 g/mol. The summed E-state index contributed by atoms with van der Waals surface area (Å²) in [6.45, 7) is 3.11. The molecule has 2 amide bonds. The zero-order valence-electron chi connectivity index (χ0n) is 14.9. The van der Waals surface area contributed by atoms with Crippen LogP contribution in [0.4, 0.5) is 5.82 Å². The number of pyridine rings is 1. The fourth-order valence-corrected chi connectivity index (χ4v) is 2.98. The number of nitrogens with one attached hydrogen (secondary N) is 1. The Kier molecular flexibility index (Phi) is 5.84. The van der Waals surface area contributed by atoms with Gasteiger partial charge in [-0.3, -0.25) is 9.59 Å². The van der Waals surface area contributed by atoms with E-state index < -0.39 is 0 Å². The van der Waals surface area contributed by atoms with Crippen LogP contribution in [0.25, 0.3) is 0 Å². The lowest BCUT2D eigenvalue weighted by atomic mass is 9.96. The number of piperidine rings is 1. The summed E-state index contributed by atoms with van der Waals surface area (Å²) < 4.78 is 5.51. The Morgan fingerprint density at radius 2 is 1.92 bits per heavy atom. The highest BCUT2D eigenvalue weighted by atomic mass is 16.5. The van der Waals surface area contributed by atoms with Crippen LogP contribution in [-0.4, -0.2) is 41.4 Å². The van der Waals surface area contributed by atoms with Crippen LogP contribution in [0.3, 0.4) is 0 Å². The van der Waals surface area contributed by atoms with E-state index >= 15 is 0 Å². The average molecular weight is 353 g/mol. The maximum Gasteiger partial charge on any atom is 0.260 e. The SMILES string of the molecule is Cc1ccnc(NC(=O)C2CCN(C(=O)COc3ccccc3)CC2)c1. The Morgan fingerprint density at radius 1 is 1.19 bits per heavy atom. The van der Waals surface area contributed by atoms with Crippen molar-refractivity contribution in [1.82, 2.24) is 9.88 Å². The van der Waals surface area contributed by atoms with Crippen LogP contribution >= 0.6 is 0 Å². The highest BCUT2D eigenvalue weighted by Crippen LogP contribution is 2.19. The van der Waals surface area contributed by atoms with Crippen molar-refractivity contribution >= 4 is 17.6 Å². The summed E-state index contributed by atoms with van der Waals surface area (Å²) in [7, 11) is 0. The van der Waals surface area contributed by atoms with Gasteiger partial charge in [-0.2, -0.15) is 0 Å². The quantitative estimate of drug-likeness (QED) is 0.897. The molecule has 1 aliphatic rings. The molecule has 0 aliphatic carbocycles. The van der Waals surface area contributed by atoms with Crippen LogP contribution in [0, 0.1) is 12.8 Å². The molecule has 1 fully saturated rings. The number of amides is 2. The Bertz CT molecular complexity index is 756. The molecule has 1 aromatic carbocycles. The Morgan fingerprint density at radius 3 is 2.62 bits per heavy atom. The van der Waals surface area contributed by atoms with E-state index in [1.807, 2.05) is 49.4 Å². The maximum atomic E-state index is 12.4. The molecule has 1 aromatic heterocycles. The lowest BCUT2D eigenvalue weighted by Gasteiger charge is -2.31. The van der Waals surface area contributed by atoms with Crippen molar-refractivity contribution in [1.29, 1.82) is 0 Å². The number of carbonyl (C=O) groups excluding carboxylic acids is 2. The lowest BCUT2D eigenvalue weighted by Crippen LogP contribution is -2.43. The van der Waals surface area contributed by atoms with Crippen LogP contribution in [0.2, 0.25) is 0 Å². The number of ether oxygens (including phenoxy) is 1. The van der Waals surface area contributed by atoms with Crippen molar-refractivity contribution in [3.8, 4) is 5.75 Å². The molecule has 6 nitrogen and oxygen atoms in total. The fourth-order valence-electron chi connectivity index (χ4n) is 2.98. The molecule has 6 heteroatoms. The normalized spacial score (nSPS) is 14.7. The molecule has 2 heterocycles. The number of hydrogen-bond donors (Lipinski definition) is 1. The van der Waals surface area contributed by atoms with Gasteiger partial charge in [-0.15, -0.1) is 0 Å². The zero-order chi connectivity index (χ0) is 18.4. The van der Waals surface area contributed by atoms with E-state index in [0.29, 0.717) is 37.5 Å². The highest BCUT2D eigenvalue weighted by Gasteiger charge is 2.27. The lowest BCUT2D eigenvalue weighted by molar-refractivity contribution is -0.136. The summed E-state index contributed by atoms with van der Waals surface area (Å²) in [4.78, 5) is 30.6. The van der Waals surface area contributed by atoms with Gasteiger partial charge in [0.15, 0.2) is 6.61 Å². The maximum absolute atomic E-state index is 12.4. The number of carbonyl (C=O) groups is 2. The molecule has 0 bridgehead atoms. The van der Waals surface area contributed by atoms with E-state index in [1.165, 1.54) is 0 Å². The summed E-state index contributed by atoms with van der Waals surface area (Å²) in [5.74, 6) is 1.07. The number of anilines is 1. The van der Waals surface area contributed by atoms with Crippen molar-refractivity contribution < 1.29 is 14.3 Å². The Hall–Kier alpha value is -2.89. The minimum absolute atomic E-state index is 0.0219. The fraction of sp³-hybridized carbons (Fsp3) is 0.350. The van der Waals surface area contributed by atoms with Gasteiger partial charge in [-0.1, -0.05) is 18.2 Å². The molecular weight excluding hydrogens is 330 g/mol. The number of aryl methyl sites for hydroxylation is 1. The van der Waals surface area contributed by atoms with Crippen LogP contribution in [-0.2, 0) is 9.59 Å². The minimum Gasteiger partial charge on any atom is -0.484 e. The van der Waals surface area contributed by atoms with Crippen molar-refractivity contribution in [3.63, 3.8) is 0 Å². The van der Waals surface area contributed by atoms with Gasteiger partial charge in [0.2, 0.25) is 5.91 Å². The minimum atomic E-state index is -0.101.